The van der Waals surface area contributed by atoms with Crippen LogP contribution in [-0.4, -0.2) is 116 Å². The molecule has 0 saturated carbocycles. The first-order valence-corrected chi connectivity index (χ1v) is 18.2. The van der Waals surface area contributed by atoms with Crippen LogP contribution in [0.5, 0.6) is 0 Å². The van der Waals surface area contributed by atoms with Crippen molar-refractivity contribution in [2.24, 2.45) is 0 Å². The van der Waals surface area contributed by atoms with Crippen molar-refractivity contribution in [1.29, 1.82) is 0 Å². The van der Waals surface area contributed by atoms with E-state index in [0.29, 0.717) is 24.7 Å². The van der Waals surface area contributed by atoms with E-state index in [4.69, 9.17) is 37.4 Å². The third-order valence-corrected chi connectivity index (χ3v) is 10.2. The zero-order valence-electron chi connectivity index (χ0n) is 29.3. The summed E-state index contributed by atoms with van der Waals surface area (Å²) in [5.41, 5.74) is 2.08. The fraction of sp³-hybridized carbons (Fsp3) is 0.649. The SMILES string of the molecule is CC(C)(C)OC(=O)N1C[C@H](N2CCOCC2)CC[C@@H]1Cc1ccc(Cl)cc1.Cl.Cl.Clc1ccc(C[C@H]2CC[C@@H](N3CCOCC3)CN2)cc1. The first-order chi connectivity index (χ1) is 22.6. The highest BCUT2D eigenvalue weighted by Gasteiger charge is 2.37. The van der Waals surface area contributed by atoms with Gasteiger partial charge in [0.2, 0.25) is 0 Å². The summed E-state index contributed by atoms with van der Waals surface area (Å²) < 4.78 is 16.6. The number of carbonyl (C=O) groups is 1. The molecule has 1 amide bonds. The van der Waals surface area contributed by atoms with Gasteiger partial charge in [0.1, 0.15) is 5.60 Å². The minimum atomic E-state index is -0.492. The number of nitrogens with one attached hydrogen (secondary N) is 1. The number of ether oxygens (including phenoxy) is 3. The Bertz CT molecular complexity index is 1230. The third-order valence-electron chi connectivity index (χ3n) is 9.70. The van der Waals surface area contributed by atoms with Crippen LogP contribution in [0.25, 0.3) is 0 Å². The van der Waals surface area contributed by atoms with Gasteiger partial charge in [-0.3, -0.25) is 9.80 Å². The Balaban J connectivity index is 0.000000265. The minimum absolute atomic E-state index is 0. The van der Waals surface area contributed by atoms with E-state index >= 15 is 0 Å². The molecule has 276 valence electrons. The topological polar surface area (TPSA) is 66.5 Å². The van der Waals surface area contributed by atoms with E-state index < -0.39 is 5.60 Å². The van der Waals surface area contributed by atoms with Crippen LogP contribution in [0.1, 0.15) is 57.6 Å². The summed E-state index contributed by atoms with van der Waals surface area (Å²) >= 11 is 11.9. The van der Waals surface area contributed by atoms with Crippen LogP contribution >= 0.6 is 48.0 Å². The first-order valence-electron chi connectivity index (χ1n) is 17.5. The van der Waals surface area contributed by atoms with E-state index in [1.165, 1.54) is 24.0 Å². The Labute approximate surface area is 316 Å². The first kappa shape index (κ1) is 42.1. The van der Waals surface area contributed by atoms with E-state index in [0.717, 1.165) is 94.9 Å². The van der Waals surface area contributed by atoms with Gasteiger partial charge in [-0.2, -0.15) is 0 Å². The molecule has 0 spiro atoms. The maximum absolute atomic E-state index is 12.9. The lowest BCUT2D eigenvalue weighted by Gasteiger charge is -2.44. The number of hydrogen-bond acceptors (Lipinski definition) is 7. The van der Waals surface area contributed by atoms with Gasteiger partial charge in [-0.1, -0.05) is 47.5 Å². The quantitative estimate of drug-likeness (QED) is 0.335. The molecule has 4 atom stereocenters. The molecule has 0 unspecified atom stereocenters. The van der Waals surface area contributed by atoms with Crippen LogP contribution in [0.4, 0.5) is 4.79 Å². The van der Waals surface area contributed by atoms with Gasteiger partial charge >= 0.3 is 6.09 Å². The summed E-state index contributed by atoms with van der Waals surface area (Å²) in [6.07, 6.45) is 6.34. The van der Waals surface area contributed by atoms with Gasteiger partial charge < -0.3 is 24.4 Å². The largest absolute Gasteiger partial charge is 0.444 e. The standard InChI is InChI=1S/C21H31ClN2O3.C16H23ClN2O.2ClH/c1-21(2,3)27-20(25)24-15-19(23-10-12-26-13-11-23)9-8-18(24)14-16-4-6-17(22)7-5-16;17-14-3-1-13(2-4-14)11-15-5-6-16(12-18-15)19-7-9-20-10-8-19;;/h4-7,18-19H,8-15H2,1-3H3;1-4,15-16,18H,5-12H2;2*1H/t18-,19-;15-,16-;;/m11../s1. The van der Waals surface area contributed by atoms with E-state index in [2.05, 4.69) is 27.2 Å². The van der Waals surface area contributed by atoms with E-state index in [-0.39, 0.29) is 36.9 Å². The Morgan fingerprint density at radius 1 is 0.755 bits per heavy atom. The molecule has 2 aromatic rings. The summed E-state index contributed by atoms with van der Waals surface area (Å²) in [5.74, 6) is 0. The average Bonchev–Trinajstić information content (AvgIpc) is 3.08. The predicted octanol–water partition coefficient (Wildman–Crippen LogP) is 7.16. The molecule has 4 fully saturated rings. The monoisotopic (exact) mass is 760 g/mol. The van der Waals surface area contributed by atoms with Gasteiger partial charge in [0, 0.05) is 73.5 Å². The fourth-order valence-electron chi connectivity index (χ4n) is 7.13. The second-order valence-electron chi connectivity index (χ2n) is 14.3. The Morgan fingerprint density at radius 3 is 1.73 bits per heavy atom. The average molecular weight is 763 g/mol. The van der Waals surface area contributed by atoms with Crippen molar-refractivity contribution in [3.05, 3.63) is 69.7 Å². The van der Waals surface area contributed by atoms with Crippen LogP contribution in [0.3, 0.4) is 0 Å². The van der Waals surface area contributed by atoms with Gasteiger partial charge in [-0.05, 0) is 94.7 Å². The van der Waals surface area contributed by atoms with Crippen molar-refractivity contribution in [1.82, 2.24) is 20.0 Å². The zero-order valence-corrected chi connectivity index (χ0v) is 32.4. The molecule has 0 radical (unpaired) electrons. The number of rotatable bonds is 6. The molecular formula is C37H56Cl4N4O4. The number of halogens is 4. The summed E-state index contributed by atoms with van der Waals surface area (Å²) in [5, 5.41) is 5.27. The predicted molar refractivity (Wildman–Crippen MR) is 204 cm³/mol. The number of morpholine rings is 2. The number of piperidine rings is 2. The highest BCUT2D eigenvalue weighted by Crippen LogP contribution is 2.27. The second kappa shape index (κ2) is 20.6. The second-order valence-corrected chi connectivity index (χ2v) is 15.2. The van der Waals surface area contributed by atoms with Crippen LogP contribution in [0.15, 0.2) is 48.5 Å². The molecule has 0 aromatic heterocycles. The minimum Gasteiger partial charge on any atom is -0.444 e. The molecule has 0 bridgehead atoms. The van der Waals surface area contributed by atoms with Crippen LogP contribution in [0.2, 0.25) is 10.0 Å². The number of benzene rings is 2. The van der Waals surface area contributed by atoms with Crippen molar-refractivity contribution >= 4 is 54.1 Å². The van der Waals surface area contributed by atoms with Gasteiger partial charge in [0.25, 0.3) is 0 Å². The molecule has 1 N–H and O–H groups in total. The molecule has 8 nitrogen and oxygen atoms in total. The van der Waals surface area contributed by atoms with E-state index in [9.17, 15) is 4.79 Å². The van der Waals surface area contributed by atoms with Crippen LogP contribution < -0.4 is 5.32 Å². The fourth-order valence-corrected chi connectivity index (χ4v) is 7.38. The highest BCUT2D eigenvalue weighted by atomic mass is 35.5. The summed E-state index contributed by atoms with van der Waals surface area (Å²) in [4.78, 5) is 19.9. The van der Waals surface area contributed by atoms with Crippen LogP contribution in [0, 0.1) is 0 Å². The number of amides is 1. The molecule has 6 rings (SSSR count). The van der Waals surface area contributed by atoms with Crippen molar-refractivity contribution < 1.29 is 19.0 Å². The molecule has 4 saturated heterocycles. The van der Waals surface area contributed by atoms with Crippen molar-refractivity contribution in [3.63, 3.8) is 0 Å². The van der Waals surface area contributed by atoms with E-state index in [1.807, 2.05) is 62.1 Å². The molecule has 49 heavy (non-hydrogen) atoms. The van der Waals surface area contributed by atoms with Gasteiger partial charge in [-0.15, -0.1) is 24.8 Å². The maximum Gasteiger partial charge on any atom is 0.410 e. The zero-order chi connectivity index (χ0) is 33.2. The third kappa shape index (κ3) is 13.6. The summed E-state index contributed by atoms with van der Waals surface area (Å²) in [7, 11) is 0. The summed E-state index contributed by atoms with van der Waals surface area (Å²) in [6, 6.07) is 18.0. The van der Waals surface area contributed by atoms with Crippen molar-refractivity contribution in [2.45, 2.75) is 89.1 Å². The lowest BCUT2D eigenvalue weighted by Crippen LogP contribution is -2.57. The Kier molecular flexibility index (Phi) is 17.7. The molecule has 4 aliphatic heterocycles. The lowest BCUT2D eigenvalue weighted by atomic mass is 9.92. The molecular weight excluding hydrogens is 706 g/mol. The maximum atomic E-state index is 12.9. The molecule has 4 aliphatic rings. The number of nitrogens with zero attached hydrogens (tertiary/aromatic N) is 3. The number of carbonyl (C=O) groups excluding carboxylic acids is 1. The molecule has 12 heteroatoms. The Hall–Kier alpha value is -1.33. The smallest absolute Gasteiger partial charge is 0.410 e. The van der Waals surface area contributed by atoms with Gasteiger partial charge in [0.15, 0.2) is 0 Å². The highest BCUT2D eigenvalue weighted by molar-refractivity contribution is 6.30. The molecule has 2 aromatic carbocycles. The van der Waals surface area contributed by atoms with Gasteiger partial charge in [0.05, 0.1) is 26.4 Å². The van der Waals surface area contributed by atoms with Gasteiger partial charge in [-0.25, -0.2) is 4.79 Å². The number of hydrogen-bond donors (Lipinski definition) is 1. The molecule has 0 aliphatic carbocycles. The van der Waals surface area contributed by atoms with E-state index in [1.54, 1.807) is 0 Å². The lowest BCUT2D eigenvalue weighted by molar-refractivity contribution is -0.0262. The molecule has 4 heterocycles. The Morgan fingerprint density at radius 2 is 1.24 bits per heavy atom. The van der Waals surface area contributed by atoms with Crippen molar-refractivity contribution in [2.75, 3.05) is 65.7 Å². The van der Waals surface area contributed by atoms with Crippen molar-refractivity contribution in [3.8, 4) is 0 Å². The summed E-state index contributed by atoms with van der Waals surface area (Å²) in [6.45, 7) is 15.0. The normalized spacial score (nSPS) is 25.2. The van der Waals surface area contributed by atoms with Crippen LogP contribution in [-0.2, 0) is 27.1 Å². The number of likely N-dealkylation sites (tertiary alicyclic amines) is 1.